The first kappa shape index (κ1) is 15.5. The van der Waals surface area contributed by atoms with Crippen molar-refractivity contribution in [1.29, 1.82) is 0 Å². The summed E-state index contributed by atoms with van der Waals surface area (Å²) in [7, 11) is 0. The molecule has 0 amide bonds. The molecule has 2 rings (SSSR count). The van der Waals surface area contributed by atoms with E-state index >= 15 is 0 Å². The molecular weight excluding hydrogens is 502 g/mol. The van der Waals surface area contributed by atoms with Gasteiger partial charge in [-0.15, -0.1) is 0 Å². The lowest BCUT2D eigenvalue weighted by molar-refractivity contribution is 1.02. The first-order valence-corrected chi connectivity index (χ1v) is 8.87. The smallest absolute Gasteiger partial charge is 0.0556 e. The molecule has 1 nitrogen and oxygen atoms in total. The van der Waals surface area contributed by atoms with E-state index in [1.54, 1.807) is 0 Å². The van der Waals surface area contributed by atoms with Crippen LogP contribution in [0.1, 0.15) is 6.92 Å². The number of hydrogen-bond acceptors (Lipinski definition) is 1. The molecule has 2 aromatic rings. The van der Waals surface area contributed by atoms with Gasteiger partial charge < -0.3 is 4.90 Å². The quantitative estimate of drug-likeness (QED) is 0.433. The van der Waals surface area contributed by atoms with Crippen LogP contribution in [0.2, 0.25) is 0 Å². The maximum atomic E-state index is 3.63. The number of rotatable bonds is 3. The van der Waals surface area contributed by atoms with Gasteiger partial charge in [0.15, 0.2) is 0 Å². The van der Waals surface area contributed by atoms with Crippen LogP contribution in [0.5, 0.6) is 0 Å². The number of benzene rings is 2. The lowest BCUT2D eigenvalue weighted by Gasteiger charge is -2.26. The van der Waals surface area contributed by atoms with Crippen LogP contribution in [0, 0.1) is 0 Å². The van der Waals surface area contributed by atoms with Crippen LogP contribution in [0.15, 0.2) is 54.3 Å². The average Bonchev–Trinajstić information content (AvgIpc) is 2.34. The monoisotopic (exact) mass is 509 g/mol. The van der Waals surface area contributed by atoms with E-state index in [9.17, 15) is 0 Å². The third-order valence-electron chi connectivity index (χ3n) is 2.72. The van der Waals surface area contributed by atoms with Gasteiger partial charge in [0.1, 0.15) is 0 Å². The number of halogens is 4. The summed E-state index contributed by atoms with van der Waals surface area (Å²) in [6.07, 6.45) is 0. The molecule has 0 aromatic heterocycles. The van der Waals surface area contributed by atoms with Gasteiger partial charge in [0.2, 0.25) is 0 Å². The van der Waals surface area contributed by atoms with Crippen LogP contribution in [-0.2, 0) is 0 Å². The highest BCUT2D eigenvalue weighted by Gasteiger charge is 2.13. The first-order chi connectivity index (χ1) is 9.02. The Morgan fingerprint density at radius 3 is 1.53 bits per heavy atom. The Balaban J connectivity index is 2.50. The van der Waals surface area contributed by atoms with E-state index in [2.05, 4.69) is 112 Å². The van der Waals surface area contributed by atoms with Crippen molar-refractivity contribution >= 4 is 75.1 Å². The Labute approximate surface area is 146 Å². The SMILES string of the molecule is CCN(c1ccc(Br)cc1Br)c1ccc(Br)cc1Br. The van der Waals surface area contributed by atoms with Crippen molar-refractivity contribution in [3.63, 3.8) is 0 Å². The Kier molecular flexibility index (Phi) is 5.52. The molecule has 0 fully saturated rings. The second kappa shape index (κ2) is 6.74. The third-order valence-corrected chi connectivity index (χ3v) is 4.97. The molecule has 0 atom stereocenters. The van der Waals surface area contributed by atoms with Crippen LogP contribution in [-0.4, -0.2) is 6.54 Å². The molecule has 0 aliphatic heterocycles. The van der Waals surface area contributed by atoms with Crippen LogP contribution in [0.4, 0.5) is 11.4 Å². The Morgan fingerprint density at radius 1 is 0.789 bits per heavy atom. The molecule has 0 spiro atoms. The standard InChI is InChI=1S/C14H11Br4N/c1-2-19(13-5-3-9(15)7-11(13)17)14-6-4-10(16)8-12(14)18/h3-8H,2H2,1H3. The zero-order valence-electron chi connectivity index (χ0n) is 10.1. The Morgan fingerprint density at radius 2 is 1.21 bits per heavy atom. The van der Waals surface area contributed by atoms with E-state index in [1.807, 2.05) is 0 Å². The molecule has 0 heterocycles. The van der Waals surface area contributed by atoms with Gasteiger partial charge >= 0.3 is 0 Å². The van der Waals surface area contributed by atoms with E-state index in [1.165, 1.54) is 0 Å². The van der Waals surface area contributed by atoms with Crippen LogP contribution in [0.25, 0.3) is 0 Å². The van der Waals surface area contributed by atoms with Crippen molar-refractivity contribution in [2.24, 2.45) is 0 Å². The highest BCUT2D eigenvalue weighted by Crippen LogP contribution is 2.38. The topological polar surface area (TPSA) is 3.24 Å². The maximum absolute atomic E-state index is 3.63. The fraction of sp³-hybridized carbons (Fsp3) is 0.143. The van der Waals surface area contributed by atoms with Crippen molar-refractivity contribution < 1.29 is 0 Å². The molecule has 0 radical (unpaired) electrons. The minimum absolute atomic E-state index is 0.889. The molecule has 0 bridgehead atoms. The summed E-state index contributed by atoms with van der Waals surface area (Å²) in [5.74, 6) is 0. The molecule has 0 saturated heterocycles. The molecule has 19 heavy (non-hydrogen) atoms. The van der Waals surface area contributed by atoms with Gasteiger partial charge in [0.25, 0.3) is 0 Å². The fourth-order valence-electron chi connectivity index (χ4n) is 1.87. The van der Waals surface area contributed by atoms with E-state index in [0.29, 0.717) is 0 Å². The molecule has 0 unspecified atom stereocenters. The number of nitrogens with zero attached hydrogens (tertiary/aromatic N) is 1. The zero-order valence-corrected chi connectivity index (χ0v) is 16.5. The largest absolute Gasteiger partial charge is 0.340 e. The lowest BCUT2D eigenvalue weighted by atomic mass is 10.2. The zero-order chi connectivity index (χ0) is 14.0. The lowest BCUT2D eigenvalue weighted by Crippen LogP contribution is -2.17. The van der Waals surface area contributed by atoms with Gasteiger partial charge in [-0.2, -0.15) is 0 Å². The van der Waals surface area contributed by atoms with E-state index in [0.717, 1.165) is 35.8 Å². The minimum Gasteiger partial charge on any atom is -0.340 e. The molecule has 5 heteroatoms. The molecule has 2 aromatic carbocycles. The van der Waals surface area contributed by atoms with Gasteiger partial charge in [-0.3, -0.25) is 0 Å². The predicted octanol–water partition coefficient (Wildman–Crippen LogP) is 6.89. The summed E-state index contributed by atoms with van der Waals surface area (Å²) in [6.45, 7) is 3.03. The van der Waals surface area contributed by atoms with Crippen molar-refractivity contribution in [2.75, 3.05) is 11.4 Å². The molecule has 100 valence electrons. The van der Waals surface area contributed by atoms with Gasteiger partial charge in [0.05, 0.1) is 11.4 Å². The van der Waals surface area contributed by atoms with Crippen LogP contribution < -0.4 is 4.90 Å². The Hall–Kier alpha value is 0.160. The van der Waals surface area contributed by atoms with Crippen LogP contribution >= 0.6 is 63.7 Å². The third kappa shape index (κ3) is 3.63. The number of hydrogen-bond donors (Lipinski definition) is 0. The first-order valence-electron chi connectivity index (χ1n) is 5.70. The van der Waals surface area contributed by atoms with Crippen molar-refractivity contribution in [1.82, 2.24) is 0 Å². The van der Waals surface area contributed by atoms with Gasteiger partial charge in [-0.05, 0) is 75.2 Å². The molecule has 0 aliphatic rings. The summed E-state index contributed by atoms with van der Waals surface area (Å²) < 4.78 is 4.26. The maximum Gasteiger partial charge on any atom is 0.0556 e. The summed E-state index contributed by atoms with van der Waals surface area (Å²) >= 11 is 14.2. The summed E-state index contributed by atoms with van der Waals surface area (Å²) in [5, 5.41) is 0. The molecule has 0 saturated carbocycles. The van der Waals surface area contributed by atoms with E-state index < -0.39 is 0 Å². The fourth-order valence-corrected chi connectivity index (χ4v) is 4.39. The van der Waals surface area contributed by atoms with E-state index in [4.69, 9.17) is 0 Å². The molecular formula is C14H11Br4N. The Bertz CT molecular complexity index is 546. The summed E-state index contributed by atoms with van der Waals surface area (Å²) in [5.41, 5.74) is 2.29. The molecule has 0 N–H and O–H groups in total. The van der Waals surface area contributed by atoms with Gasteiger partial charge in [0, 0.05) is 24.4 Å². The minimum atomic E-state index is 0.889. The van der Waals surface area contributed by atoms with Crippen molar-refractivity contribution in [3.05, 3.63) is 54.3 Å². The number of anilines is 2. The second-order valence-corrected chi connectivity index (χ2v) is 7.48. The van der Waals surface area contributed by atoms with Crippen molar-refractivity contribution in [3.8, 4) is 0 Å². The van der Waals surface area contributed by atoms with Crippen molar-refractivity contribution in [2.45, 2.75) is 6.92 Å². The van der Waals surface area contributed by atoms with E-state index in [-0.39, 0.29) is 0 Å². The normalized spacial score (nSPS) is 10.6. The molecule has 0 aliphatic carbocycles. The highest BCUT2D eigenvalue weighted by molar-refractivity contribution is 9.11. The summed E-state index contributed by atoms with van der Waals surface area (Å²) in [6, 6.07) is 12.4. The predicted molar refractivity (Wildman–Crippen MR) is 96.4 cm³/mol. The van der Waals surface area contributed by atoms with Crippen LogP contribution in [0.3, 0.4) is 0 Å². The second-order valence-electron chi connectivity index (χ2n) is 3.94. The van der Waals surface area contributed by atoms with Gasteiger partial charge in [-0.1, -0.05) is 31.9 Å². The average molecular weight is 513 g/mol. The summed E-state index contributed by atoms with van der Waals surface area (Å²) in [4.78, 5) is 2.26. The highest BCUT2D eigenvalue weighted by atomic mass is 79.9. The van der Waals surface area contributed by atoms with Gasteiger partial charge in [-0.25, -0.2) is 0 Å².